The molecule has 5 heteroatoms. The number of methoxy groups -OCH3 is 1. The molecule has 0 aliphatic carbocycles. The molecule has 0 bridgehead atoms. The van der Waals surface area contributed by atoms with Crippen LogP contribution in [0.1, 0.15) is 12.8 Å². The van der Waals surface area contributed by atoms with Crippen LogP contribution < -0.4 is 14.2 Å². The first kappa shape index (κ1) is 12.0. The van der Waals surface area contributed by atoms with E-state index in [0.717, 1.165) is 13.0 Å². The fourth-order valence-corrected chi connectivity index (χ4v) is 2.08. The van der Waals surface area contributed by atoms with Crippen LogP contribution in [0.3, 0.4) is 0 Å². The largest absolute Gasteiger partial charge is 0.619 e. The minimum atomic E-state index is 0.446. The van der Waals surface area contributed by atoms with Gasteiger partial charge >= 0.3 is 0 Å². The highest BCUT2D eigenvalue weighted by molar-refractivity contribution is 5.25. The lowest BCUT2D eigenvalue weighted by Gasteiger charge is -2.19. The van der Waals surface area contributed by atoms with Crippen LogP contribution in [0.4, 0.5) is 0 Å². The Kier molecular flexibility index (Phi) is 3.68. The number of hydrogen-bond acceptors (Lipinski definition) is 4. The van der Waals surface area contributed by atoms with Gasteiger partial charge in [0.2, 0.25) is 12.4 Å². The maximum absolute atomic E-state index is 11.3. The van der Waals surface area contributed by atoms with Gasteiger partial charge in [-0.05, 0) is 26.4 Å². The predicted octanol–water partition coefficient (Wildman–Crippen LogP) is 0.802. The van der Waals surface area contributed by atoms with Gasteiger partial charge in [-0.25, -0.2) is 0 Å². The van der Waals surface area contributed by atoms with Gasteiger partial charge in [-0.1, -0.05) is 0 Å². The number of rotatable bonds is 4. The second-order valence-corrected chi connectivity index (χ2v) is 4.36. The van der Waals surface area contributed by atoms with Gasteiger partial charge in [0.25, 0.3) is 0 Å². The summed E-state index contributed by atoms with van der Waals surface area (Å²) in [5.41, 5.74) is 0. The van der Waals surface area contributed by atoms with Crippen molar-refractivity contribution in [2.45, 2.75) is 18.9 Å². The van der Waals surface area contributed by atoms with E-state index >= 15 is 0 Å². The SMILES string of the molecule is COc1cc(OC[C@@H]2CCCN2C)c[n+]([O-])c1. The molecule has 94 valence electrons. The normalized spacial score (nSPS) is 20.5. The highest BCUT2D eigenvalue weighted by Gasteiger charge is 2.21. The molecule has 1 fully saturated rings. The Hall–Kier alpha value is -1.49. The summed E-state index contributed by atoms with van der Waals surface area (Å²) in [6, 6.07) is 2.17. The Bertz CT molecular complexity index is 384. The molecule has 0 saturated carbocycles. The van der Waals surface area contributed by atoms with Crippen LogP contribution in [0.5, 0.6) is 11.5 Å². The minimum absolute atomic E-state index is 0.446. The van der Waals surface area contributed by atoms with Crippen LogP contribution in [0, 0.1) is 5.21 Å². The van der Waals surface area contributed by atoms with Gasteiger partial charge in [0.05, 0.1) is 7.11 Å². The number of likely N-dealkylation sites (tertiary alicyclic amines) is 1. The number of ether oxygens (including phenoxy) is 2. The molecule has 1 aliphatic rings. The lowest BCUT2D eigenvalue weighted by molar-refractivity contribution is -0.606. The molecule has 1 aromatic rings. The number of aromatic nitrogens is 1. The van der Waals surface area contributed by atoms with Crippen molar-refractivity contribution in [2.24, 2.45) is 0 Å². The molecule has 1 saturated heterocycles. The van der Waals surface area contributed by atoms with Gasteiger partial charge < -0.3 is 19.6 Å². The van der Waals surface area contributed by atoms with E-state index in [9.17, 15) is 5.21 Å². The Morgan fingerprint density at radius 3 is 2.88 bits per heavy atom. The first-order chi connectivity index (χ1) is 8.19. The summed E-state index contributed by atoms with van der Waals surface area (Å²) in [4.78, 5) is 2.28. The Balaban J connectivity index is 1.96. The monoisotopic (exact) mass is 238 g/mol. The topological polar surface area (TPSA) is 48.6 Å². The lowest BCUT2D eigenvalue weighted by atomic mass is 10.2. The maximum atomic E-state index is 11.3. The van der Waals surface area contributed by atoms with Crippen molar-refractivity contribution in [3.8, 4) is 11.5 Å². The zero-order valence-electron chi connectivity index (χ0n) is 10.3. The maximum Gasteiger partial charge on any atom is 0.222 e. The Morgan fingerprint density at radius 1 is 1.47 bits per heavy atom. The van der Waals surface area contributed by atoms with Crippen molar-refractivity contribution in [2.75, 3.05) is 27.3 Å². The molecule has 1 atom stereocenters. The highest BCUT2D eigenvalue weighted by atomic mass is 16.5. The van der Waals surface area contributed by atoms with Crippen LogP contribution in [0.2, 0.25) is 0 Å². The van der Waals surface area contributed by atoms with Gasteiger partial charge in [-0.3, -0.25) is 0 Å². The summed E-state index contributed by atoms with van der Waals surface area (Å²) in [7, 11) is 3.63. The van der Waals surface area contributed by atoms with Crippen molar-refractivity contribution >= 4 is 0 Å². The number of hydrogen-bond donors (Lipinski definition) is 0. The van der Waals surface area contributed by atoms with E-state index in [-0.39, 0.29) is 0 Å². The molecule has 0 amide bonds. The molecule has 0 spiro atoms. The van der Waals surface area contributed by atoms with Crippen molar-refractivity contribution in [3.05, 3.63) is 23.7 Å². The van der Waals surface area contributed by atoms with Gasteiger partial charge in [0.1, 0.15) is 6.61 Å². The average molecular weight is 238 g/mol. The van der Waals surface area contributed by atoms with Crippen LogP contribution in [0.15, 0.2) is 18.5 Å². The summed E-state index contributed by atoms with van der Waals surface area (Å²) in [5, 5.41) is 11.3. The van der Waals surface area contributed by atoms with Crippen molar-refractivity contribution in [1.82, 2.24) is 4.90 Å². The number of nitrogens with zero attached hydrogens (tertiary/aromatic N) is 2. The molecule has 0 N–H and O–H groups in total. The molecule has 5 nitrogen and oxygen atoms in total. The minimum Gasteiger partial charge on any atom is -0.619 e. The molecule has 1 aliphatic heterocycles. The van der Waals surface area contributed by atoms with Gasteiger partial charge in [0, 0.05) is 12.1 Å². The molecule has 17 heavy (non-hydrogen) atoms. The summed E-state index contributed by atoms with van der Waals surface area (Å²) >= 11 is 0. The van der Waals surface area contributed by atoms with E-state index in [1.165, 1.54) is 25.9 Å². The zero-order valence-corrected chi connectivity index (χ0v) is 10.3. The van der Waals surface area contributed by atoms with Crippen LogP contribution in [-0.2, 0) is 0 Å². The van der Waals surface area contributed by atoms with Gasteiger partial charge in [0.15, 0.2) is 11.5 Å². The lowest BCUT2D eigenvalue weighted by Crippen LogP contribution is -2.31. The van der Waals surface area contributed by atoms with Crippen LogP contribution in [-0.4, -0.2) is 38.3 Å². The summed E-state index contributed by atoms with van der Waals surface area (Å²) in [6.45, 7) is 1.73. The zero-order chi connectivity index (χ0) is 12.3. The standard InChI is InChI=1S/C12H18N2O3/c1-13-5-3-4-10(13)9-17-12-6-11(16-2)7-14(15)8-12/h6-8,10H,3-5,9H2,1-2H3/t10-/m0/s1. The summed E-state index contributed by atoms with van der Waals surface area (Å²) < 4.78 is 11.4. The molecule has 0 unspecified atom stereocenters. The summed E-state index contributed by atoms with van der Waals surface area (Å²) in [6.07, 6.45) is 5.15. The van der Waals surface area contributed by atoms with Gasteiger partial charge in [-0.2, -0.15) is 4.73 Å². The van der Waals surface area contributed by atoms with Crippen molar-refractivity contribution in [1.29, 1.82) is 0 Å². The van der Waals surface area contributed by atoms with Crippen molar-refractivity contribution < 1.29 is 14.2 Å². The fraction of sp³-hybridized carbons (Fsp3) is 0.583. The number of likely N-dealkylation sites (N-methyl/N-ethyl adjacent to an activating group) is 1. The van der Waals surface area contributed by atoms with E-state index < -0.39 is 0 Å². The average Bonchev–Trinajstić information content (AvgIpc) is 2.71. The third-order valence-electron chi connectivity index (χ3n) is 3.14. The second kappa shape index (κ2) is 5.23. The van der Waals surface area contributed by atoms with E-state index in [1.54, 1.807) is 6.07 Å². The third kappa shape index (κ3) is 3.00. The Labute approximate surface area is 101 Å². The predicted molar refractivity (Wildman–Crippen MR) is 63.1 cm³/mol. The summed E-state index contributed by atoms with van der Waals surface area (Å²) in [5.74, 6) is 1.07. The highest BCUT2D eigenvalue weighted by Crippen LogP contribution is 2.19. The van der Waals surface area contributed by atoms with E-state index in [2.05, 4.69) is 11.9 Å². The van der Waals surface area contributed by atoms with Crippen LogP contribution in [0.25, 0.3) is 0 Å². The fourth-order valence-electron chi connectivity index (χ4n) is 2.08. The quantitative estimate of drug-likeness (QED) is 0.575. The second-order valence-electron chi connectivity index (χ2n) is 4.36. The van der Waals surface area contributed by atoms with Gasteiger partial charge in [-0.15, -0.1) is 0 Å². The first-order valence-electron chi connectivity index (χ1n) is 5.80. The molecule has 0 aromatic carbocycles. The molecular weight excluding hydrogens is 220 g/mol. The van der Waals surface area contributed by atoms with E-state index in [0.29, 0.717) is 28.9 Å². The van der Waals surface area contributed by atoms with Crippen LogP contribution >= 0.6 is 0 Å². The molecule has 1 aromatic heterocycles. The Morgan fingerprint density at radius 2 is 2.24 bits per heavy atom. The molecule has 2 rings (SSSR count). The number of pyridine rings is 1. The van der Waals surface area contributed by atoms with E-state index in [1.807, 2.05) is 0 Å². The van der Waals surface area contributed by atoms with Crippen molar-refractivity contribution in [3.63, 3.8) is 0 Å². The first-order valence-corrected chi connectivity index (χ1v) is 5.80. The molecule has 2 heterocycles. The van der Waals surface area contributed by atoms with E-state index in [4.69, 9.17) is 9.47 Å². The third-order valence-corrected chi connectivity index (χ3v) is 3.14. The molecular formula is C12H18N2O3. The smallest absolute Gasteiger partial charge is 0.222 e. The molecule has 0 radical (unpaired) electrons.